The van der Waals surface area contributed by atoms with Crippen molar-refractivity contribution in [2.45, 2.75) is 69.4 Å². The Hall–Kier alpha value is -3.15. The summed E-state index contributed by atoms with van der Waals surface area (Å²) in [6.07, 6.45) is 1.51. The maximum Gasteiger partial charge on any atom is 0.475 e. The van der Waals surface area contributed by atoms with Crippen molar-refractivity contribution in [3.8, 4) is 6.07 Å². The molecule has 0 aromatic heterocycles. The number of amides is 2. The molecule has 0 saturated carbocycles. The number of rotatable bonds is 9. The van der Waals surface area contributed by atoms with Crippen LogP contribution in [0.3, 0.4) is 0 Å². The topological polar surface area (TPSA) is 126 Å². The molecule has 2 fully saturated rings. The molecule has 1 unspecified atom stereocenters. The van der Waals surface area contributed by atoms with Crippen LogP contribution in [0.5, 0.6) is 0 Å². The minimum Gasteiger partial charge on any atom is -0.447 e. The zero-order valence-corrected chi connectivity index (χ0v) is 22.4. The number of halogens is 4. The number of ether oxygens (including phenoxy) is 1. The van der Waals surface area contributed by atoms with Crippen LogP contribution in [-0.2, 0) is 16.0 Å². The molecule has 0 spiro atoms. The van der Waals surface area contributed by atoms with Crippen LogP contribution < -0.4 is 5.32 Å². The van der Waals surface area contributed by atoms with Crippen molar-refractivity contribution in [3.05, 3.63) is 47.0 Å². The highest BCUT2D eigenvalue weighted by Crippen LogP contribution is 2.33. The van der Waals surface area contributed by atoms with Crippen LogP contribution in [0.25, 0.3) is 0 Å². The van der Waals surface area contributed by atoms with Crippen LogP contribution in [0.2, 0.25) is 0 Å². The molecule has 2 amide bonds. The fourth-order valence-electron chi connectivity index (χ4n) is 4.93. The maximum absolute atomic E-state index is 14.0. The van der Waals surface area contributed by atoms with Gasteiger partial charge in [0.15, 0.2) is 0 Å². The number of piperidine rings is 1. The highest BCUT2D eigenvalue weighted by Gasteiger charge is 2.43. The molecule has 2 saturated heterocycles. The molecule has 0 bridgehead atoms. The molecule has 14 heteroatoms. The Kier molecular flexibility index (Phi) is 10.2. The van der Waals surface area contributed by atoms with E-state index in [4.69, 9.17) is 4.74 Å². The molecular formula is C26H33BF4N4O5. The molecule has 2 aliphatic rings. The van der Waals surface area contributed by atoms with Crippen molar-refractivity contribution in [2.75, 3.05) is 26.2 Å². The second-order valence-electron chi connectivity index (χ2n) is 10.7. The van der Waals surface area contributed by atoms with Crippen LogP contribution in [0.1, 0.15) is 45.1 Å². The summed E-state index contributed by atoms with van der Waals surface area (Å²) in [5.74, 6) is -6.54. The zero-order valence-electron chi connectivity index (χ0n) is 22.4. The number of carbonyl (C=O) groups is 2. The van der Waals surface area contributed by atoms with Gasteiger partial charge in [-0.3, -0.25) is 9.69 Å². The number of alkyl carbamates (subject to hydrolysis) is 1. The summed E-state index contributed by atoms with van der Waals surface area (Å²) in [5, 5.41) is 31.2. The number of benzene rings is 1. The third-order valence-electron chi connectivity index (χ3n) is 7.25. The molecule has 218 valence electrons. The first-order valence-electron chi connectivity index (χ1n) is 13.0. The summed E-state index contributed by atoms with van der Waals surface area (Å²) >= 11 is 0. The van der Waals surface area contributed by atoms with Gasteiger partial charge in [0.1, 0.15) is 29.9 Å². The van der Waals surface area contributed by atoms with E-state index in [0.717, 1.165) is 18.6 Å². The number of nitrogens with zero attached hydrogens (tertiary/aromatic N) is 3. The van der Waals surface area contributed by atoms with Crippen LogP contribution in [0.15, 0.2) is 29.8 Å². The van der Waals surface area contributed by atoms with Crippen molar-refractivity contribution < 1.29 is 41.9 Å². The number of carbonyl (C=O) groups excluding carboxylic acids is 2. The Balaban J connectivity index is 1.64. The number of alkyl halides is 2. The van der Waals surface area contributed by atoms with E-state index >= 15 is 0 Å². The molecule has 0 aliphatic carbocycles. The number of hydrogen-bond donors (Lipinski definition) is 3. The van der Waals surface area contributed by atoms with E-state index in [2.05, 4.69) is 5.32 Å². The van der Waals surface area contributed by atoms with Crippen molar-refractivity contribution >= 4 is 19.1 Å². The zero-order chi connectivity index (χ0) is 29.7. The fraction of sp³-hybridized carbons (Fsp3) is 0.577. The van der Waals surface area contributed by atoms with Gasteiger partial charge in [0.25, 0.3) is 11.8 Å². The van der Waals surface area contributed by atoms with Crippen molar-refractivity contribution in [2.24, 2.45) is 0 Å². The highest BCUT2D eigenvalue weighted by atomic mass is 19.3. The van der Waals surface area contributed by atoms with Gasteiger partial charge in [-0.1, -0.05) is 6.07 Å². The molecule has 2 heterocycles. The second kappa shape index (κ2) is 13.0. The molecule has 0 radical (unpaired) electrons. The third-order valence-corrected chi connectivity index (χ3v) is 7.25. The van der Waals surface area contributed by atoms with E-state index in [9.17, 15) is 42.5 Å². The lowest BCUT2D eigenvalue weighted by molar-refractivity contribution is -0.131. The Morgan fingerprint density at radius 3 is 2.62 bits per heavy atom. The highest BCUT2D eigenvalue weighted by molar-refractivity contribution is 6.43. The first-order chi connectivity index (χ1) is 18.7. The lowest BCUT2D eigenvalue weighted by Crippen LogP contribution is -2.50. The molecule has 1 aromatic carbocycles. The van der Waals surface area contributed by atoms with Crippen LogP contribution in [0.4, 0.5) is 22.4 Å². The SMILES string of the molecule is CC(C)(C=C(C#N)C(=O)N1CCCC[C@@H]1COC(=O)NC(Cc1ccc(F)cc1F)B(O)O)N1CCC(F)(F)C1. The van der Waals surface area contributed by atoms with Gasteiger partial charge in [0.2, 0.25) is 0 Å². The smallest absolute Gasteiger partial charge is 0.447 e. The Labute approximate surface area is 230 Å². The summed E-state index contributed by atoms with van der Waals surface area (Å²) in [5.41, 5.74) is -1.24. The molecule has 1 aromatic rings. The fourth-order valence-corrected chi connectivity index (χ4v) is 4.93. The predicted octanol–water partition coefficient (Wildman–Crippen LogP) is 2.56. The molecule has 40 heavy (non-hydrogen) atoms. The van der Waals surface area contributed by atoms with Gasteiger partial charge in [0, 0.05) is 31.1 Å². The van der Waals surface area contributed by atoms with Crippen LogP contribution in [-0.4, -0.2) is 88.7 Å². The first kappa shape index (κ1) is 31.4. The van der Waals surface area contributed by atoms with E-state index in [0.29, 0.717) is 18.9 Å². The summed E-state index contributed by atoms with van der Waals surface area (Å²) in [7, 11) is -2.08. The minimum absolute atomic E-state index is 0.0553. The largest absolute Gasteiger partial charge is 0.475 e. The molecular weight excluding hydrogens is 535 g/mol. The maximum atomic E-state index is 14.0. The molecule has 2 aliphatic heterocycles. The minimum atomic E-state index is -2.84. The quantitative estimate of drug-likeness (QED) is 0.181. The van der Waals surface area contributed by atoms with Gasteiger partial charge < -0.3 is 25.0 Å². The van der Waals surface area contributed by atoms with Gasteiger partial charge in [-0.25, -0.2) is 22.4 Å². The van der Waals surface area contributed by atoms with E-state index in [1.807, 2.05) is 6.07 Å². The van der Waals surface area contributed by atoms with E-state index in [-0.39, 0.29) is 43.7 Å². The van der Waals surface area contributed by atoms with Gasteiger partial charge in [-0.05, 0) is 57.2 Å². The summed E-state index contributed by atoms with van der Waals surface area (Å²) in [6, 6.07) is 4.04. The summed E-state index contributed by atoms with van der Waals surface area (Å²) in [6.45, 7) is 2.98. The Morgan fingerprint density at radius 2 is 2.02 bits per heavy atom. The Morgan fingerprint density at radius 1 is 1.30 bits per heavy atom. The molecule has 9 nitrogen and oxygen atoms in total. The summed E-state index contributed by atoms with van der Waals surface area (Å²) in [4.78, 5) is 28.7. The standard InChI is InChI=1S/C26H33BF4N4O5/c1-25(2,34-10-8-26(30,31)16-34)13-18(14-32)23(36)35-9-4-3-5-20(35)15-40-24(37)33-22(27(38)39)11-17-6-7-19(28)12-21(17)29/h6-7,12-13,20,22,38-39H,3-5,8-11,15-16H2,1-2H3,(H,33,37)/t20-,22?/m1/s1. The number of likely N-dealkylation sites (tertiary alicyclic amines) is 2. The average Bonchev–Trinajstić information content (AvgIpc) is 3.27. The van der Waals surface area contributed by atoms with Gasteiger partial charge >= 0.3 is 13.2 Å². The Bertz CT molecular complexity index is 1160. The average molecular weight is 568 g/mol. The third kappa shape index (κ3) is 8.19. The molecule has 3 N–H and O–H groups in total. The second-order valence-corrected chi connectivity index (χ2v) is 10.7. The van der Waals surface area contributed by atoms with Gasteiger partial charge in [-0.15, -0.1) is 0 Å². The van der Waals surface area contributed by atoms with E-state index in [1.54, 1.807) is 13.8 Å². The van der Waals surface area contributed by atoms with Crippen LogP contribution >= 0.6 is 0 Å². The monoisotopic (exact) mass is 568 g/mol. The lowest BCUT2D eigenvalue weighted by Gasteiger charge is -2.36. The molecule has 2 atom stereocenters. The summed E-state index contributed by atoms with van der Waals surface area (Å²) < 4.78 is 59.9. The first-order valence-corrected chi connectivity index (χ1v) is 13.0. The van der Waals surface area contributed by atoms with E-state index in [1.165, 1.54) is 15.9 Å². The number of nitrogens with one attached hydrogen (secondary N) is 1. The predicted molar refractivity (Wildman–Crippen MR) is 137 cm³/mol. The lowest BCUT2D eigenvalue weighted by atomic mass is 9.76. The normalized spacial score (nSPS) is 20.5. The van der Waals surface area contributed by atoms with Crippen molar-refractivity contribution in [3.63, 3.8) is 0 Å². The van der Waals surface area contributed by atoms with Crippen molar-refractivity contribution in [1.29, 1.82) is 5.26 Å². The van der Waals surface area contributed by atoms with Gasteiger partial charge in [-0.2, -0.15) is 5.26 Å². The van der Waals surface area contributed by atoms with Gasteiger partial charge in [0.05, 0.1) is 18.5 Å². The molecule has 3 rings (SSSR count). The number of nitriles is 1. The number of hydrogen-bond acceptors (Lipinski definition) is 7. The van der Waals surface area contributed by atoms with Crippen LogP contribution in [0, 0.1) is 23.0 Å². The van der Waals surface area contributed by atoms with E-state index < -0.39 is 60.7 Å². The van der Waals surface area contributed by atoms with Crippen molar-refractivity contribution in [1.82, 2.24) is 15.1 Å².